The number of methoxy groups -OCH3 is 1. The summed E-state index contributed by atoms with van der Waals surface area (Å²) >= 11 is 0. The molecule has 0 aromatic carbocycles. The number of anilines is 1. The number of hydrogen-bond donors (Lipinski definition) is 1. The van der Waals surface area contributed by atoms with Gasteiger partial charge >= 0.3 is 0 Å². The lowest BCUT2D eigenvalue weighted by atomic mass is 9.89. The zero-order valence-electron chi connectivity index (χ0n) is 14.4. The zero-order valence-corrected chi connectivity index (χ0v) is 14.4. The summed E-state index contributed by atoms with van der Waals surface area (Å²) in [4.78, 5) is 9.40. The van der Waals surface area contributed by atoms with Crippen LogP contribution in [0, 0.1) is 20.8 Å². The van der Waals surface area contributed by atoms with Crippen molar-refractivity contribution in [1.29, 1.82) is 0 Å². The lowest BCUT2D eigenvalue weighted by Crippen LogP contribution is -2.40. The van der Waals surface area contributed by atoms with Crippen molar-refractivity contribution in [3.8, 4) is 11.3 Å². The molecule has 1 fully saturated rings. The monoisotopic (exact) mass is 316 g/mol. The van der Waals surface area contributed by atoms with Crippen molar-refractivity contribution < 1.29 is 9.26 Å². The third-order valence-electron chi connectivity index (χ3n) is 4.55. The summed E-state index contributed by atoms with van der Waals surface area (Å²) in [5.41, 5.74) is 3.79. The molecule has 0 amide bonds. The van der Waals surface area contributed by atoms with Crippen LogP contribution in [-0.2, 0) is 11.2 Å². The minimum Gasteiger partial charge on any atom is -0.381 e. The van der Waals surface area contributed by atoms with Gasteiger partial charge in [-0.1, -0.05) is 12.1 Å². The fourth-order valence-electron chi connectivity index (χ4n) is 3.00. The van der Waals surface area contributed by atoms with Gasteiger partial charge in [0.05, 0.1) is 23.1 Å². The van der Waals surface area contributed by atoms with Gasteiger partial charge in [-0.25, -0.2) is 9.97 Å². The average molecular weight is 316 g/mol. The van der Waals surface area contributed by atoms with E-state index in [0.29, 0.717) is 12.1 Å². The molecular formula is C17H24N4O2. The lowest BCUT2D eigenvalue weighted by Gasteiger charge is -2.35. The van der Waals surface area contributed by atoms with E-state index in [0.717, 1.165) is 59.2 Å². The number of aryl methyl sites for hydroxylation is 3. The summed E-state index contributed by atoms with van der Waals surface area (Å²) in [6.07, 6.45) is 3.18. The molecule has 0 aliphatic heterocycles. The van der Waals surface area contributed by atoms with Crippen molar-refractivity contribution in [2.24, 2.45) is 0 Å². The summed E-state index contributed by atoms with van der Waals surface area (Å²) in [5, 5.41) is 7.60. The highest BCUT2D eigenvalue weighted by molar-refractivity contribution is 5.71. The highest BCUT2D eigenvalue weighted by atomic mass is 16.5. The van der Waals surface area contributed by atoms with Crippen LogP contribution in [0.15, 0.2) is 4.52 Å². The van der Waals surface area contributed by atoms with Gasteiger partial charge in [0.15, 0.2) is 0 Å². The van der Waals surface area contributed by atoms with Crippen molar-refractivity contribution >= 4 is 5.82 Å². The van der Waals surface area contributed by atoms with Crippen LogP contribution in [0.4, 0.5) is 5.82 Å². The molecule has 2 aromatic rings. The molecule has 0 unspecified atom stereocenters. The second kappa shape index (κ2) is 6.28. The third kappa shape index (κ3) is 2.95. The van der Waals surface area contributed by atoms with Gasteiger partial charge in [0.2, 0.25) is 0 Å². The normalized spacial score (nSPS) is 20.4. The molecule has 1 saturated carbocycles. The van der Waals surface area contributed by atoms with Gasteiger partial charge in [0.25, 0.3) is 0 Å². The highest BCUT2D eigenvalue weighted by Gasteiger charge is 2.30. The first-order valence-corrected chi connectivity index (χ1v) is 8.13. The van der Waals surface area contributed by atoms with Crippen molar-refractivity contribution in [3.05, 3.63) is 22.8 Å². The molecule has 1 aliphatic carbocycles. The van der Waals surface area contributed by atoms with E-state index >= 15 is 0 Å². The van der Waals surface area contributed by atoms with Crippen LogP contribution in [-0.4, -0.2) is 34.4 Å². The Morgan fingerprint density at radius 1 is 1.22 bits per heavy atom. The Bertz CT molecular complexity index is 685. The van der Waals surface area contributed by atoms with Crippen molar-refractivity contribution in [3.63, 3.8) is 0 Å². The molecule has 1 N–H and O–H groups in total. The molecule has 2 aromatic heterocycles. The number of rotatable bonds is 5. The van der Waals surface area contributed by atoms with Crippen molar-refractivity contribution in [1.82, 2.24) is 15.1 Å². The Kier molecular flexibility index (Phi) is 4.35. The fraction of sp³-hybridized carbons (Fsp3) is 0.588. The van der Waals surface area contributed by atoms with Gasteiger partial charge in [0, 0.05) is 25.1 Å². The number of hydrogen-bond acceptors (Lipinski definition) is 6. The average Bonchev–Trinajstić information content (AvgIpc) is 2.83. The van der Waals surface area contributed by atoms with Gasteiger partial charge < -0.3 is 14.6 Å². The minimum atomic E-state index is 0.363. The van der Waals surface area contributed by atoms with Crippen LogP contribution in [0.2, 0.25) is 0 Å². The largest absolute Gasteiger partial charge is 0.381 e. The summed E-state index contributed by atoms with van der Waals surface area (Å²) in [7, 11) is 1.77. The second-order valence-corrected chi connectivity index (χ2v) is 6.19. The number of aromatic nitrogens is 3. The van der Waals surface area contributed by atoms with Crippen LogP contribution in [0.25, 0.3) is 11.3 Å². The van der Waals surface area contributed by atoms with Gasteiger partial charge in [-0.15, -0.1) is 0 Å². The smallest absolute Gasteiger partial charge is 0.143 e. The topological polar surface area (TPSA) is 73.1 Å². The maximum absolute atomic E-state index is 5.35. The van der Waals surface area contributed by atoms with E-state index < -0.39 is 0 Å². The van der Waals surface area contributed by atoms with Gasteiger partial charge in [-0.2, -0.15) is 0 Å². The van der Waals surface area contributed by atoms with E-state index in [1.807, 2.05) is 13.8 Å². The molecule has 0 spiro atoms. The van der Waals surface area contributed by atoms with Crippen molar-refractivity contribution in [2.75, 3.05) is 12.4 Å². The maximum atomic E-state index is 5.35. The Morgan fingerprint density at radius 2 is 1.96 bits per heavy atom. The van der Waals surface area contributed by atoms with E-state index in [-0.39, 0.29) is 0 Å². The first-order valence-electron chi connectivity index (χ1n) is 8.13. The molecule has 0 bridgehead atoms. The van der Waals surface area contributed by atoms with Crippen LogP contribution in [0.1, 0.15) is 42.6 Å². The molecule has 1 aliphatic rings. The van der Waals surface area contributed by atoms with Crippen LogP contribution >= 0.6 is 0 Å². The Balaban J connectivity index is 1.96. The molecule has 2 heterocycles. The number of ether oxygens (including phenoxy) is 1. The summed E-state index contributed by atoms with van der Waals surface area (Å²) in [6.45, 7) is 7.98. The third-order valence-corrected chi connectivity index (χ3v) is 4.55. The van der Waals surface area contributed by atoms with E-state index in [4.69, 9.17) is 14.2 Å². The molecule has 6 nitrogen and oxygen atoms in total. The van der Waals surface area contributed by atoms with Gasteiger partial charge in [-0.3, -0.25) is 0 Å². The highest BCUT2D eigenvalue weighted by Crippen LogP contribution is 2.33. The molecule has 0 radical (unpaired) electrons. The predicted molar refractivity (Wildman–Crippen MR) is 88.6 cm³/mol. The van der Waals surface area contributed by atoms with E-state index in [1.54, 1.807) is 7.11 Å². The number of nitrogens with one attached hydrogen (secondary N) is 1. The Morgan fingerprint density at radius 3 is 2.52 bits per heavy atom. The quantitative estimate of drug-likeness (QED) is 0.913. The maximum Gasteiger partial charge on any atom is 0.143 e. The zero-order chi connectivity index (χ0) is 16.6. The molecule has 0 atom stereocenters. The molecule has 0 saturated heterocycles. The number of nitrogens with zero attached hydrogens (tertiary/aromatic N) is 3. The molecular weight excluding hydrogens is 292 g/mol. The Labute approximate surface area is 136 Å². The van der Waals surface area contributed by atoms with E-state index in [1.165, 1.54) is 0 Å². The molecule has 23 heavy (non-hydrogen) atoms. The van der Waals surface area contributed by atoms with Crippen LogP contribution in [0.5, 0.6) is 0 Å². The summed E-state index contributed by atoms with van der Waals surface area (Å²) in [5.74, 6) is 2.53. The van der Waals surface area contributed by atoms with Gasteiger partial charge in [-0.05, 0) is 33.6 Å². The van der Waals surface area contributed by atoms with Crippen molar-refractivity contribution in [2.45, 2.75) is 59.1 Å². The lowest BCUT2D eigenvalue weighted by molar-refractivity contribution is 0.0327. The predicted octanol–water partition coefficient (Wildman–Crippen LogP) is 3.21. The fourth-order valence-corrected chi connectivity index (χ4v) is 3.00. The molecule has 124 valence electrons. The van der Waals surface area contributed by atoms with Crippen LogP contribution < -0.4 is 5.32 Å². The minimum absolute atomic E-state index is 0.363. The van der Waals surface area contributed by atoms with Crippen LogP contribution in [0.3, 0.4) is 0 Å². The summed E-state index contributed by atoms with van der Waals surface area (Å²) < 4.78 is 10.7. The van der Waals surface area contributed by atoms with Gasteiger partial charge in [0.1, 0.15) is 17.4 Å². The first kappa shape index (κ1) is 15.9. The SMILES string of the molecule is CCc1nc(N[C@H]2C[C@@H](OC)C2)c(C)c(-c2c(C)noc2C)n1. The van der Waals surface area contributed by atoms with E-state index in [9.17, 15) is 0 Å². The summed E-state index contributed by atoms with van der Waals surface area (Å²) in [6, 6.07) is 0.413. The standard InChI is InChI=1S/C17H24N4O2/c1-6-14-19-16(15-10(3)21-23-11(15)4)9(2)17(20-14)18-12-7-13(8-12)22-5/h12-13H,6-8H2,1-5H3,(H,18,19,20)/t12-,13+. The first-order chi connectivity index (χ1) is 11.0. The molecule has 3 rings (SSSR count). The second-order valence-electron chi connectivity index (χ2n) is 6.19. The van der Waals surface area contributed by atoms with E-state index in [2.05, 4.69) is 29.3 Å². The Hall–Kier alpha value is -1.95. The molecule has 6 heteroatoms.